The van der Waals surface area contributed by atoms with E-state index in [4.69, 9.17) is 21.1 Å². The second kappa shape index (κ2) is 8.35. The third-order valence-electron chi connectivity index (χ3n) is 4.17. The second-order valence-electron chi connectivity index (χ2n) is 6.03. The van der Waals surface area contributed by atoms with E-state index in [0.29, 0.717) is 19.6 Å². The van der Waals surface area contributed by atoms with Gasteiger partial charge in [-0.1, -0.05) is 18.5 Å². The molecule has 1 aromatic carbocycles. The van der Waals surface area contributed by atoms with Crippen LogP contribution in [0, 0.1) is 11.8 Å². The SMILES string of the molecule is COCCCOc1ccc(Cl)cc1S(=O)(=O)N1C[C@@H](C)[C@H](C(=O)O)C1. The van der Waals surface area contributed by atoms with Crippen molar-refractivity contribution in [3.8, 4) is 5.75 Å². The summed E-state index contributed by atoms with van der Waals surface area (Å²) in [5.41, 5.74) is 0. The molecule has 0 saturated carbocycles. The summed E-state index contributed by atoms with van der Waals surface area (Å²) in [7, 11) is -2.33. The predicted octanol–water partition coefficient (Wildman–Crippen LogP) is 2.10. The minimum absolute atomic E-state index is 0.0457. The number of carbonyl (C=O) groups is 1. The van der Waals surface area contributed by atoms with Crippen molar-refractivity contribution in [1.82, 2.24) is 4.31 Å². The van der Waals surface area contributed by atoms with E-state index in [-0.39, 0.29) is 34.7 Å². The third kappa shape index (κ3) is 4.63. The molecule has 25 heavy (non-hydrogen) atoms. The number of ether oxygens (including phenoxy) is 2. The van der Waals surface area contributed by atoms with Gasteiger partial charge in [-0.2, -0.15) is 4.31 Å². The predicted molar refractivity (Wildman–Crippen MR) is 92.5 cm³/mol. The van der Waals surface area contributed by atoms with Gasteiger partial charge in [0.25, 0.3) is 0 Å². The van der Waals surface area contributed by atoms with Gasteiger partial charge in [-0.05, 0) is 24.1 Å². The topological polar surface area (TPSA) is 93.1 Å². The van der Waals surface area contributed by atoms with Gasteiger partial charge in [0.2, 0.25) is 10.0 Å². The monoisotopic (exact) mass is 391 g/mol. The zero-order chi connectivity index (χ0) is 18.6. The standard InChI is InChI=1S/C16H22ClNO6S/c1-11-9-18(10-13(11)16(19)20)25(21,22)15-8-12(17)4-5-14(15)24-7-3-6-23-2/h4-5,8,11,13H,3,6-7,9-10H2,1-2H3,(H,19,20)/t11-,13-/m1/s1. The normalized spacial score (nSPS) is 21.4. The average Bonchev–Trinajstić information content (AvgIpc) is 2.95. The molecule has 140 valence electrons. The smallest absolute Gasteiger partial charge is 0.308 e. The molecule has 2 rings (SSSR count). The highest BCUT2D eigenvalue weighted by atomic mass is 35.5. The van der Waals surface area contributed by atoms with E-state index in [1.165, 1.54) is 16.4 Å². The maximum atomic E-state index is 13.0. The Hall–Kier alpha value is -1.35. The van der Waals surface area contributed by atoms with Crippen molar-refractivity contribution in [3.63, 3.8) is 0 Å². The van der Waals surface area contributed by atoms with E-state index in [0.717, 1.165) is 0 Å². The molecule has 1 N–H and O–H groups in total. The number of methoxy groups -OCH3 is 1. The summed E-state index contributed by atoms with van der Waals surface area (Å²) in [6.45, 7) is 2.61. The Morgan fingerprint density at radius 3 is 2.68 bits per heavy atom. The van der Waals surface area contributed by atoms with Gasteiger partial charge in [0.15, 0.2) is 0 Å². The highest BCUT2D eigenvalue weighted by Gasteiger charge is 2.41. The number of hydrogen-bond acceptors (Lipinski definition) is 5. The van der Waals surface area contributed by atoms with Gasteiger partial charge in [-0.15, -0.1) is 0 Å². The molecule has 1 aliphatic heterocycles. The minimum atomic E-state index is -3.90. The largest absolute Gasteiger partial charge is 0.492 e. The van der Waals surface area contributed by atoms with Gasteiger partial charge in [0.1, 0.15) is 10.6 Å². The van der Waals surface area contributed by atoms with Gasteiger partial charge < -0.3 is 14.6 Å². The first kappa shape index (κ1) is 20.0. The summed E-state index contributed by atoms with van der Waals surface area (Å²) in [6, 6.07) is 4.40. The summed E-state index contributed by atoms with van der Waals surface area (Å²) in [5, 5.41) is 9.49. The van der Waals surface area contributed by atoms with Crippen LogP contribution in [-0.4, -0.2) is 57.2 Å². The maximum Gasteiger partial charge on any atom is 0.308 e. The van der Waals surface area contributed by atoms with E-state index >= 15 is 0 Å². The molecule has 0 radical (unpaired) electrons. The van der Waals surface area contributed by atoms with E-state index in [2.05, 4.69) is 0 Å². The number of carboxylic acids is 1. The molecule has 1 heterocycles. The van der Waals surface area contributed by atoms with Crippen LogP contribution >= 0.6 is 11.6 Å². The van der Waals surface area contributed by atoms with Crippen molar-refractivity contribution < 1.29 is 27.8 Å². The van der Waals surface area contributed by atoms with Gasteiger partial charge >= 0.3 is 5.97 Å². The number of hydrogen-bond donors (Lipinski definition) is 1. The second-order valence-corrected chi connectivity index (χ2v) is 8.37. The maximum absolute atomic E-state index is 13.0. The lowest BCUT2D eigenvalue weighted by atomic mass is 9.99. The summed E-state index contributed by atoms with van der Waals surface area (Å²) in [6.07, 6.45) is 0.612. The fourth-order valence-electron chi connectivity index (χ4n) is 2.77. The molecular weight excluding hydrogens is 370 g/mol. The molecule has 0 unspecified atom stereocenters. The van der Waals surface area contributed by atoms with Gasteiger partial charge in [0.05, 0.1) is 12.5 Å². The zero-order valence-electron chi connectivity index (χ0n) is 14.1. The Morgan fingerprint density at radius 2 is 2.08 bits per heavy atom. The molecule has 9 heteroatoms. The fraction of sp³-hybridized carbons (Fsp3) is 0.562. The number of halogens is 1. The number of nitrogens with zero attached hydrogens (tertiary/aromatic N) is 1. The van der Waals surface area contributed by atoms with Crippen molar-refractivity contribution in [2.75, 3.05) is 33.4 Å². The van der Waals surface area contributed by atoms with Crippen molar-refractivity contribution in [3.05, 3.63) is 23.2 Å². The van der Waals surface area contributed by atoms with Crippen molar-refractivity contribution in [1.29, 1.82) is 0 Å². The number of aliphatic carboxylic acids is 1. The molecule has 0 bridgehead atoms. The number of sulfonamides is 1. The molecule has 1 aliphatic rings. The number of carboxylic acid groups (broad SMARTS) is 1. The van der Waals surface area contributed by atoms with E-state index in [1.54, 1.807) is 20.1 Å². The van der Waals surface area contributed by atoms with Crippen LogP contribution in [0.25, 0.3) is 0 Å². The molecule has 7 nitrogen and oxygen atoms in total. The van der Waals surface area contributed by atoms with Crippen LogP contribution in [0.15, 0.2) is 23.1 Å². The average molecular weight is 392 g/mol. The van der Waals surface area contributed by atoms with E-state index in [9.17, 15) is 18.3 Å². The summed E-state index contributed by atoms with van der Waals surface area (Å²) < 4.78 is 37.7. The molecule has 1 aromatic rings. The van der Waals surface area contributed by atoms with Crippen LogP contribution in [0.4, 0.5) is 0 Å². The molecular formula is C16H22ClNO6S. The number of rotatable bonds is 8. The van der Waals surface area contributed by atoms with Crippen molar-refractivity contribution >= 4 is 27.6 Å². The minimum Gasteiger partial charge on any atom is -0.492 e. The fourth-order valence-corrected chi connectivity index (χ4v) is 4.73. The van der Waals surface area contributed by atoms with Crippen LogP contribution in [0.1, 0.15) is 13.3 Å². The van der Waals surface area contributed by atoms with Crippen LogP contribution in [0.2, 0.25) is 5.02 Å². The van der Waals surface area contributed by atoms with Crippen molar-refractivity contribution in [2.45, 2.75) is 18.2 Å². The molecule has 0 amide bonds. The number of benzene rings is 1. The quantitative estimate of drug-likeness (QED) is 0.682. The molecule has 0 spiro atoms. The first-order chi connectivity index (χ1) is 11.8. The van der Waals surface area contributed by atoms with Crippen LogP contribution < -0.4 is 4.74 Å². The first-order valence-electron chi connectivity index (χ1n) is 7.91. The summed E-state index contributed by atoms with van der Waals surface area (Å²) >= 11 is 5.97. The lowest BCUT2D eigenvalue weighted by Gasteiger charge is -2.19. The Kier molecular flexibility index (Phi) is 6.67. The van der Waals surface area contributed by atoms with Gasteiger partial charge in [0, 0.05) is 38.2 Å². The molecule has 0 aliphatic carbocycles. The van der Waals surface area contributed by atoms with Crippen LogP contribution in [0.3, 0.4) is 0 Å². The summed E-state index contributed by atoms with van der Waals surface area (Å²) in [5.74, 6) is -1.78. The van der Waals surface area contributed by atoms with Gasteiger partial charge in [-0.3, -0.25) is 4.79 Å². The van der Waals surface area contributed by atoms with Crippen LogP contribution in [0.5, 0.6) is 5.75 Å². The first-order valence-corrected chi connectivity index (χ1v) is 9.73. The highest BCUT2D eigenvalue weighted by molar-refractivity contribution is 7.89. The summed E-state index contributed by atoms with van der Waals surface area (Å²) in [4.78, 5) is 11.2. The lowest BCUT2D eigenvalue weighted by Crippen LogP contribution is -2.30. The highest BCUT2D eigenvalue weighted by Crippen LogP contribution is 2.34. The Morgan fingerprint density at radius 1 is 1.36 bits per heavy atom. The Labute approximate surface area is 152 Å². The van der Waals surface area contributed by atoms with Gasteiger partial charge in [-0.25, -0.2) is 8.42 Å². The lowest BCUT2D eigenvalue weighted by molar-refractivity contribution is -0.142. The molecule has 1 fully saturated rings. The van der Waals surface area contributed by atoms with Crippen molar-refractivity contribution in [2.24, 2.45) is 11.8 Å². The molecule has 1 saturated heterocycles. The van der Waals surface area contributed by atoms with E-state index in [1.807, 2.05) is 0 Å². The molecule has 2 atom stereocenters. The van der Waals surface area contributed by atoms with E-state index < -0.39 is 21.9 Å². The third-order valence-corrected chi connectivity index (χ3v) is 6.26. The zero-order valence-corrected chi connectivity index (χ0v) is 15.7. The molecule has 0 aromatic heterocycles. The Balaban J connectivity index is 2.26. The Bertz CT molecular complexity index is 723. The van der Waals surface area contributed by atoms with Crippen LogP contribution in [-0.2, 0) is 19.6 Å².